The molecule has 0 radical (unpaired) electrons. The van der Waals surface area contributed by atoms with Crippen molar-refractivity contribution in [3.8, 4) is 0 Å². The predicted octanol–water partition coefficient (Wildman–Crippen LogP) is 3.23. The van der Waals surface area contributed by atoms with E-state index in [0.717, 1.165) is 4.88 Å². The average molecular weight is 522 g/mol. The molecule has 1 aromatic heterocycles. The fourth-order valence-electron chi connectivity index (χ4n) is 5.82. The van der Waals surface area contributed by atoms with E-state index in [4.69, 9.17) is 4.74 Å². The highest BCUT2D eigenvalue weighted by Crippen LogP contribution is 2.60. The molecule has 2 fully saturated rings. The molecule has 2 N–H and O–H groups in total. The van der Waals surface area contributed by atoms with E-state index in [0.29, 0.717) is 17.8 Å². The van der Waals surface area contributed by atoms with Crippen LogP contribution in [0.15, 0.2) is 53.9 Å². The summed E-state index contributed by atoms with van der Waals surface area (Å²) >= 11 is 1.54. The minimum absolute atomic E-state index is 0.155. The summed E-state index contributed by atoms with van der Waals surface area (Å²) in [6.07, 6.45) is 3.58. The number of hydrogen-bond donors (Lipinski definition) is 2. The molecule has 8 nitrogen and oxygen atoms in total. The highest BCUT2D eigenvalue weighted by atomic mass is 32.1. The molecule has 3 amide bonds. The third-order valence-corrected chi connectivity index (χ3v) is 8.15. The maximum Gasteiger partial charge on any atom is 0.246 e. The molecule has 2 aromatic rings. The Balaban J connectivity index is 1.57. The van der Waals surface area contributed by atoms with Crippen molar-refractivity contribution in [1.29, 1.82) is 0 Å². The Bertz CT molecular complexity index is 1310. The number of ketones is 1. The fraction of sp³-hybridized carbons (Fsp3) is 0.429. The number of amides is 3. The average Bonchev–Trinajstić information content (AvgIpc) is 3.55. The van der Waals surface area contributed by atoms with Crippen LogP contribution < -0.4 is 15.5 Å². The number of nitrogens with zero attached hydrogens (tertiary/aromatic N) is 1. The van der Waals surface area contributed by atoms with Crippen LogP contribution in [-0.4, -0.2) is 46.3 Å². The minimum Gasteiger partial charge on any atom is -0.356 e. The Kier molecular flexibility index (Phi) is 5.91. The Morgan fingerprint density at radius 1 is 1.11 bits per heavy atom. The van der Waals surface area contributed by atoms with E-state index < -0.39 is 34.6 Å². The fourth-order valence-corrected chi connectivity index (χ4v) is 6.47. The van der Waals surface area contributed by atoms with Crippen LogP contribution in [0.5, 0.6) is 0 Å². The molecule has 0 saturated carbocycles. The van der Waals surface area contributed by atoms with E-state index in [2.05, 4.69) is 10.6 Å². The van der Waals surface area contributed by atoms with Crippen LogP contribution in [0.1, 0.15) is 49.9 Å². The number of rotatable bonds is 6. The zero-order chi connectivity index (χ0) is 26.8. The molecule has 194 valence electrons. The lowest BCUT2D eigenvalue weighted by atomic mass is 9.70. The first-order valence-electron chi connectivity index (χ1n) is 12.3. The molecule has 37 heavy (non-hydrogen) atoms. The SMILES string of the molecule is CC(=O)c1cccc(N2C(=O)[C@@H]3[C@H](C(=O)NCc4cccs4)[C@@]4(C)C=C[C@@]3(O4)[C@@H]2C(=O)NC(C)(C)C)c1. The van der Waals surface area contributed by atoms with Gasteiger partial charge in [-0.1, -0.05) is 30.4 Å². The van der Waals surface area contributed by atoms with Crippen LogP contribution in [0.2, 0.25) is 0 Å². The first kappa shape index (κ1) is 25.4. The number of hydrogen-bond acceptors (Lipinski definition) is 6. The molecule has 4 heterocycles. The molecule has 3 aliphatic heterocycles. The number of anilines is 1. The summed E-state index contributed by atoms with van der Waals surface area (Å²) in [4.78, 5) is 56.1. The molecule has 1 aromatic carbocycles. The van der Waals surface area contributed by atoms with Crippen LogP contribution in [0.3, 0.4) is 0 Å². The molecule has 5 rings (SSSR count). The van der Waals surface area contributed by atoms with Crippen molar-refractivity contribution in [2.24, 2.45) is 11.8 Å². The quantitative estimate of drug-likeness (QED) is 0.449. The molecule has 0 aliphatic carbocycles. The molecule has 3 aliphatic rings. The number of ether oxygens (including phenoxy) is 1. The number of carbonyl (C=O) groups excluding carboxylic acids is 4. The van der Waals surface area contributed by atoms with Gasteiger partial charge < -0.3 is 15.4 Å². The summed E-state index contributed by atoms with van der Waals surface area (Å²) in [7, 11) is 0. The second-order valence-corrected chi connectivity index (χ2v) is 12.2. The van der Waals surface area contributed by atoms with Gasteiger partial charge in [0.2, 0.25) is 17.7 Å². The molecular formula is C28H31N3O5S. The van der Waals surface area contributed by atoms with Gasteiger partial charge in [0.15, 0.2) is 5.78 Å². The monoisotopic (exact) mass is 521 g/mol. The van der Waals surface area contributed by atoms with Gasteiger partial charge in [-0.3, -0.25) is 24.1 Å². The minimum atomic E-state index is -1.32. The number of fused-ring (bicyclic) bond motifs is 1. The topological polar surface area (TPSA) is 105 Å². The Morgan fingerprint density at radius 3 is 2.51 bits per heavy atom. The lowest BCUT2D eigenvalue weighted by Crippen LogP contribution is -2.58. The van der Waals surface area contributed by atoms with E-state index in [1.807, 2.05) is 38.3 Å². The van der Waals surface area contributed by atoms with E-state index >= 15 is 0 Å². The summed E-state index contributed by atoms with van der Waals surface area (Å²) < 4.78 is 6.53. The van der Waals surface area contributed by atoms with Gasteiger partial charge in [0, 0.05) is 21.7 Å². The largest absolute Gasteiger partial charge is 0.356 e. The van der Waals surface area contributed by atoms with Crippen molar-refractivity contribution in [2.45, 2.75) is 63.9 Å². The first-order chi connectivity index (χ1) is 17.4. The summed E-state index contributed by atoms with van der Waals surface area (Å²) in [6, 6.07) is 9.45. The third-order valence-electron chi connectivity index (χ3n) is 7.27. The maximum absolute atomic E-state index is 14.2. The van der Waals surface area contributed by atoms with Gasteiger partial charge in [0.1, 0.15) is 11.6 Å². The van der Waals surface area contributed by atoms with Crippen LogP contribution >= 0.6 is 11.3 Å². The van der Waals surface area contributed by atoms with Crippen molar-refractivity contribution in [3.63, 3.8) is 0 Å². The zero-order valence-corrected chi connectivity index (χ0v) is 22.3. The van der Waals surface area contributed by atoms with Crippen LogP contribution in [0, 0.1) is 11.8 Å². The highest BCUT2D eigenvalue weighted by molar-refractivity contribution is 7.09. The lowest BCUT2D eigenvalue weighted by Gasteiger charge is -2.35. The molecule has 5 atom stereocenters. The highest BCUT2D eigenvalue weighted by Gasteiger charge is 2.76. The lowest BCUT2D eigenvalue weighted by molar-refractivity contribution is -0.134. The van der Waals surface area contributed by atoms with Crippen molar-refractivity contribution in [3.05, 3.63) is 64.4 Å². The Labute approximate surface area is 220 Å². The van der Waals surface area contributed by atoms with E-state index in [-0.39, 0.29) is 23.5 Å². The second-order valence-electron chi connectivity index (χ2n) is 11.2. The summed E-state index contributed by atoms with van der Waals surface area (Å²) in [5.74, 6) is -2.93. The Morgan fingerprint density at radius 2 is 1.86 bits per heavy atom. The molecule has 9 heteroatoms. The van der Waals surface area contributed by atoms with Gasteiger partial charge in [0.25, 0.3) is 0 Å². The van der Waals surface area contributed by atoms with Gasteiger partial charge in [0.05, 0.1) is 24.0 Å². The molecule has 1 spiro atoms. The smallest absolute Gasteiger partial charge is 0.246 e. The Hall–Kier alpha value is -3.30. The van der Waals surface area contributed by atoms with Crippen LogP contribution in [0.25, 0.3) is 0 Å². The van der Waals surface area contributed by atoms with E-state index in [1.165, 1.54) is 23.2 Å². The van der Waals surface area contributed by atoms with Gasteiger partial charge in [-0.05, 0) is 58.2 Å². The van der Waals surface area contributed by atoms with Crippen molar-refractivity contribution < 1.29 is 23.9 Å². The standard InChI is InChI=1S/C28H31N3O5S/c1-16(32)17-8-6-9-18(14-17)31-22(24(34)30-26(2,3)4)28-12-11-27(5,36-28)20(21(28)25(31)35)23(33)29-15-19-10-7-13-37-19/h6-14,20-22H,15H2,1-5H3,(H,29,33)(H,30,34)/t20-,21+,22+,27-,28+/m1/s1. The second kappa shape index (κ2) is 8.63. The van der Waals surface area contributed by atoms with E-state index in [9.17, 15) is 19.2 Å². The number of thiophene rings is 1. The van der Waals surface area contributed by atoms with E-state index in [1.54, 1.807) is 43.3 Å². The first-order valence-corrected chi connectivity index (χ1v) is 13.2. The van der Waals surface area contributed by atoms with Crippen LogP contribution in [-0.2, 0) is 25.7 Å². The number of carbonyl (C=O) groups is 4. The van der Waals surface area contributed by atoms with Crippen molar-refractivity contribution >= 4 is 40.5 Å². The van der Waals surface area contributed by atoms with Crippen molar-refractivity contribution in [2.75, 3.05) is 4.90 Å². The third kappa shape index (κ3) is 4.10. The van der Waals surface area contributed by atoms with Gasteiger partial charge >= 0.3 is 0 Å². The number of Topliss-reactive ketones (excluding diaryl/α,β-unsaturated/α-hetero) is 1. The van der Waals surface area contributed by atoms with Gasteiger partial charge in [-0.15, -0.1) is 11.3 Å². The molecule has 2 bridgehead atoms. The van der Waals surface area contributed by atoms with Crippen molar-refractivity contribution in [1.82, 2.24) is 10.6 Å². The summed E-state index contributed by atoms with van der Waals surface area (Å²) in [5.41, 5.74) is -2.08. The molecule has 0 unspecified atom stereocenters. The summed E-state index contributed by atoms with van der Waals surface area (Å²) in [5, 5.41) is 7.90. The predicted molar refractivity (Wildman–Crippen MR) is 140 cm³/mol. The van der Waals surface area contributed by atoms with Gasteiger partial charge in [-0.25, -0.2) is 0 Å². The molecule has 2 saturated heterocycles. The summed E-state index contributed by atoms with van der Waals surface area (Å²) in [6.45, 7) is 9.18. The van der Waals surface area contributed by atoms with Gasteiger partial charge in [-0.2, -0.15) is 0 Å². The van der Waals surface area contributed by atoms with Crippen LogP contribution in [0.4, 0.5) is 5.69 Å². The number of nitrogens with one attached hydrogen (secondary N) is 2. The maximum atomic E-state index is 14.2. The normalized spacial score (nSPS) is 29.9. The number of benzene rings is 1. The zero-order valence-electron chi connectivity index (χ0n) is 21.5. The molecular weight excluding hydrogens is 490 g/mol.